The Hall–Kier alpha value is -0.580. The van der Waals surface area contributed by atoms with Crippen LogP contribution in [0.3, 0.4) is 0 Å². The molecule has 12 heavy (non-hydrogen) atoms. The van der Waals surface area contributed by atoms with Crippen molar-refractivity contribution in [1.29, 1.82) is 0 Å². The Labute approximate surface area is 68.3 Å². The lowest BCUT2D eigenvalue weighted by Gasteiger charge is -2.28. The maximum Gasteiger partial charge on any atom is 0.282 e. The lowest BCUT2D eigenvalue weighted by atomic mass is 10.1. The van der Waals surface area contributed by atoms with Gasteiger partial charge in [-0.15, -0.1) is 0 Å². The monoisotopic (exact) mass is 181 g/mol. The van der Waals surface area contributed by atoms with Gasteiger partial charge < -0.3 is 0 Å². The van der Waals surface area contributed by atoms with Gasteiger partial charge in [0.15, 0.2) is 0 Å². The molecule has 0 aromatic heterocycles. The van der Waals surface area contributed by atoms with E-state index in [1.807, 2.05) is 0 Å². The third-order valence-corrected chi connectivity index (χ3v) is 1.91. The van der Waals surface area contributed by atoms with Crippen LogP contribution in [0.15, 0.2) is 0 Å². The number of carbonyl (C=O) groups is 1. The number of carbonyl (C=O) groups excluding carboxylic acids is 1. The third kappa shape index (κ3) is 2.20. The zero-order valence-electron chi connectivity index (χ0n) is 6.47. The van der Waals surface area contributed by atoms with Crippen LogP contribution in [0.2, 0.25) is 0 Å². The Morgan fingerprint density at radius 2 is 1.67 bits per heavy atom. The van der Waals surface area contributed by atoms with Crippen LogP contribution >= 0.6 is 0 Å². The van der Waals surface area contributed by atoms with Gasteiger partial charge in [0.25, 0.3) is 6.43 Å². The average Bonchev–Trinajstić information content (AvgIpc) is 2.04. The molecule has 1 atom stereocenters. The summed E-state index contributed by atoms with van der Waals surface area (Å²) in [6.07, 6.45) is -4.81. The van der Waals surface area contributed by atoms with Crippen molar-refractivity contribution in [2.45, 2.75) is 25.6 Å². The summed E-state index contributed by atoms with van der Waals surface area (Å²) in [5.74, 6) is 0.0210. The van der Waals surface area contributed by atoms with Gasteiger partial charge in [-0.3, -0.25) is 9.69 Å². The van der Waals surface area contributed by atoms with E-state index in [-0.39, 0.29) is 31.7 Å². The first-order chi connectivity index (χ1) is 5.61. The first-order valence-corrected chi connectivity index (χ1v) is 3.79. The highest BCUT2D eigenvalue weighted by Crippen LogP contribution is 2.15. The fourth-order valence-corrected chi connectivity index (χ4v) is 1.18. The number of rotatable bonds is 2. The second-order valence-electron chi connectivity index (χ2n) is 2.78. The molecule has 1 saturated heterocycles. The number of nitrogens with zero attached hydrogens (tertiary/aromatic N) is 1. The van der Waals surface area contributed by atoms with Gasteiger partial charge in [-0.05, 0) is 0 Å². The Morgan fingerprint density at radius 1 is 1.17 bits per heavy atom. The molecule has 2 nitrogen and oxygen atoms in total. The molecular weight excluding hydrogens is 171 g/mol. The van der Waals surface area contributed by atoms with Crippen molar-refractivity contribution < 1.29 is 18.0 Å². The molecule has 70 valence electrons. The molecule has 0 radical (unpaired) electrons. The molecule has 1 fully saturated rings. The number of alkyl halides is 3. The van der Waals surface area contributed by atoms with Crippen LogP contribution in [-0.2, 0) is 4.79 Å². The molecule has 1 unspecified atom stereocenters. The van der Waals surface area contributed by atoms with Gasteiger partial charge in [-0.25, -0.2) is 13.2 Å². The van der Waals surface area contributed by atoms with Crippen LogP contribution in [0.1, 0.15) is 12.8 Å². The van der Waals surface area contributed by atoms with Crippen molar-refractivity contribution in [3.8, 4) is 0 Å². The zero-order valence-corrected chi connectivity index (χ0v) is 6.47. The Kier molecular flexibility index (Phi) is 3.08. The molecule has 0 spiro atoms. The van der Waals surface area contributed by atoms with Crippen molar-refractivity contribution in [3.63, 3.8) is 0 Å². The summed E-state index contributed by atoms with van der Waals surface area (Å²) in [7, 11) is 0. The molecule has 0 amide bonds. The van der Waals surface area contributed by atoms with Crippen molar-refractivity contribution in [1.82, 2.24) is 4.90 Å². The molecule has 0 aliphatic carbocycles. The van der Waals surface area contributed by atoms with Gasteiger partial charge in [0, 0.05) is 25.9 Å². The van der Waals surface area contributed by atoms with Crippen LogP contribution in [0.25, 0.3) is 0 Å². The summed E-state index contributed by atoms with van der Waals surface area (Å²) in [6.45, 7) is 0.231. The van der Waals surface area contributed by atoms with Crippen LogP contribution in [0.5, 0.6) is 0 Å². The fourth-order valence-electron chi connectivity index (χ4n) is 1.18. The Morgan fingerprint density at radius 3 is 2.08 bits per heavy atom. The molecule has 0 saturated carbocycles. The highest BCUT2D eigenvalue weighted by molar-refractivity contribution is 5.79. The van der Waals surface area contributed by atoms with Gasteiger partial charge in [-0.2, -0.15) is 0 Å². The summed E-state index contributed by atoms with van der Waals surface area (Å²) in [4.78, 5) is 11.7. The van der Waals surface area contributed by atoms with E-state index in [1.54, 1.807) is 0 Å². The van der Waals surface area contributed by atoms with E-state index in [9.17, 15) is 18.0 Å². The number of hydrogen-bond donors (Lipinski definition) is 0. The topological polar surface area (TPSA) is 20.3 Å². The van der Waals surface area contributed by atoms with Gasteiger partial charge >= 0.3 is 0 Å². The van der Waals surface area contributed by atoms with Gasteiger partial charge in [0.05, 0.1) is 0 Å². The first-order valence-electron chi connectivity index (χ1n) is 3.79. The molecule has 1 heterocycles. The van der Waals surface area contributed by atoms with E-state index >= 15 is 0 Å². The molecular formula is C7H10F3NO. The standard InChI is InChI=1S/C7H10F3NO/c8-6(9)7(10)11-3-1-5(12)2-4-11/h6-7H,1-4H2. The van der Waals surface area contributed by atoms with Crippen LogP contribution in [0, 0.1) is 0 Å². The van der Waals surface area contributed by atoms with E-state index in [0.717, 1.165) is 4.90 Å². The smallest absolute Gasteiger partial charge is 0.282 e. The summed E-state index contributed by atoms with van der Waals surface area (Å²) >= 11 is 0. The predicted octanol–water partition coefficient (Wildman–Crippen LogP) is 1.21. The minimum absolute atomic E-state index is 0.0210. The molecule has 0 aromatic carbocycles. The van der Waals surface area contributed by atoms with Crippen molar-refractivity contribution in [2.75, 3.05) is 13.1 Å². The maximum absolute atomic E-state index is 12.6. The number of Topliss-reactive ketones (excluding diaryl/α,β-unsaturated/α-hetero) is 1. The average molecular weight is 181 g/mol. The molecule has 1 rings (SSSR count). The van der Waals surface area contributed by atoms with E-state index in [1.165, 1.54) is 0 Å². The zero-order chi connectivity index (χ0) is 9.14. The third-order valence-electron chi connectivity index (χ3n) is 1.91. The quantitative estimate of drug-likeness (QED) is 0.597. The summed E-state index contributed by atoms with van der Waals surface area (Å²) in [6, 6.07) is 0. The highest BCUT2D eigenvalue weighted by atomic mass is 19.3. The first kappa shape index (κ1) is 9.51. The molecule has 0 bridgehead atoms. The lowest BCUT2D eigenvalue weighted by molar-refractivity contribution is -0.125. The number of ketones is 1. The lowest BCUT2D eigenvalue weighted by Crippen LogP contribution is -2.42. The van der Waals surface area contributed by atoms with E-state index in [4.69, 9.17) is 0 Å². The molecule has 5 heteroatoms. The Bertz CT molecular complexity index is 164. The highest BCUT2D eigenvalue weighted by Gasteiger charge is 2.29. The van der Waals surface area contributed by atoms with Crippen molar-refractivity contribution >= 4 is 5.78 Å². The normalized spacial score (nSPS) is 23.2. The maximum atomic E-state index is 12.6. The minimum atomic E-state index is -2.97. The second-order valence-corrected chi connectivity index (χ2v) is 2.78. The number of piperidine rings is 1. The molecule has 1 aliphatic rings. The summed E-state index contributed by atoms with van der Waals surface area (Å²) < 4.78 is 36.2. The van der Waals surface area contributed by atoms with Crippen LogP contribution < -0.4 is 0 Å². The van der Waals surface area contributed by atoms with Crippen molar-refractivity contribution in [2.24, 2.45) is 0 Å². The molecule has 0 N–H and O–H groups in total. The van der Waals surface area contributed by atoms with Crippen LogP contribution in [0.4, 0.5) is 13.2 Å². The largest absolute Gasteiger partial charge is 0.300 e. The van der Waals surface area contributed by atoms with E-state index in [0.29, 0.717) is 0 Å². The number of hydrogen-bond acceptors (Lipinski definition) is 2. The van der Waals surface area contributed by atoms with Crippen LogP contribution in [-0.4, -0.2) is 36.5 Å². The van der Waals surface area contributed by atoms with Crippen molar-refractivity contribution in [3.05, 3.63) is 0 Å². The molecule has 1 aliphatic heterocycles. The van der Waals surface area contributed by atoms with E-state index < -0.39 is 12.7 Å². The number of halogens is 3. The Balaban J connectivity index is 2.38. The molecule has 0 aromatic rings. The minimum Gasteiger partial charge on any atom is -0.300 e. The van der Waals surface area contributed by atoms with Gasteiger partial charge in [0.2, 0.25) is 6.30 Å². The number of likely N-dealkylation sites (tertiary alicyclic amines) is 1. The fraction of sp³-hybridized carbons (Fsp3) is 0.857. The van der Waals surface area contributed by atoms with Gasteiger partial charge in [-0.1, -0.05) is 0 Å². The summed E-state index contributed by atoms with van der Waals surface area (Å²) in [5, 5.41) is 0. The SMILES string of the molecule is O=C1CCN(C(F)C(F)F)CC1. The predicted molar refractivity (Wildman–Crippen MR) is 36.7 cm³/mol. The van der Waals surface area contributed by atoms with Gasteiger partial charge in [0.1, 0.15) is 5.78 Å². The second kappa shape index (κ2) is 3.89. The van der Waals surface area contributed by atoms with E-state index in [2.05, 4.69) is 0 Å². The summed E-state index contributed by atoms with van der Waals surface area (Å²) in [5.41, 5.74) is 0.